The fourth-order valence-electron chi connectivity index (χ4n) is 3.76. The summed E-state index contributed by atoms with van der Waals surface area (Å²) in [6.45, 7) is 11.0. The lowest BCUT2D eigenvalue weighted by Gasteiger charge is -2.34. The number of aromatic nitrogens is 1. The first kappa shape index (κ1) is 20.5. The summed E-state index contributed by atoms with van der Waals surface area (Å²) in [6, 6.07) is 5.21. The molecule has 1 aromatic heterocycles. The molecule has 6 nitrogen and oxygen atoms in total. The molecule has 2 heterocycles. The van der Waals surface area contributed by atoms with Crippen LogP contribution in [0.25, 0.3) is 0 Å². The van der Waals surface area contributed by atoms with E-state index >= 15 is 0 Å². The molecule has 0 bridgehead atoms. The molecule has 1 aromatic carbocycles. The molecule has 150 valence electrons. The molecule has 0 unspecified atom stereocenters. The van der Waals surface area contributed by atoms with E-state index in [9.17, 15) is 13.2 Å². The van der Waals surface area contributed by atoms with Crippen molar-refractivity contribution in [3.8, 4) is 0 Å². The molecule has 28 heavy (non-hydrogen) atoms. The van der Waals surface area contributed by atoms with Gasteiger partial charge in [0.2, 0.25) is 10.0 Å². The zero-order valence-electron chi connectivity index (χ0n) is 17.1. The van der Waals surface area contributed by atoms with E-state index in [-0.39, 0.29) is 19.0 Å². The van der Waals surface area contributed by atoms with Crippen LogP contribution in [-0.4, -0.2) is 54.7 Å². The van der Waals surface area contributed by atoms with E-state index in [4.69, 9.17) is 0 Å². The number of carbonyl (C=O) groups is 1. The molecule has 3 rings (SSSR count). The summed E-state index contributed by atoms with van der Waals surface area (Å²) in [6.07, 6.45) is 1.58. The van der Waals surface area contributed by atoms with Crippen molar-refractivity contribution in [2.75, 3.05) is 26.2 Å². The molecule has 1 aliphatic heterocycles. The van der Waals surface area contributed by atoms with Crippen molar-refractivity contribution < 1.29 is 13.2 Å². The highest BCUT2D eigenvalue weighted by atomic mass is 32.2. The number of amides is 1. The third kappa shape index (κ3) is 3.44. The summed E-state index contributed by atoms with van der Waals surface area (Å²) < 4.78 is 28.3. The molecule has 1 saturated heterocycles. The minimum Gasteiger partial charge on any atom is -0.335 e. The van der Waals surface area contributed by atoms with Crippen LogP contribution in [0.5, 0.6) is 0 Å². The van der Waals surface area contributed by atoms with Gasteiger partial charge in [0.25, 0.3) is 5.91 Å². The van der Waals surface area contributed by atoms with Crippen molar-refractivity contribution in [2.24, 2.45) is 0 Å². The highest BCUT2D eigenvalue weighted by Gasteiger charge is 2.33. The maximum atomic E-state index is 13.4. The predicted octanol–water partition coefficient (Wildman–Crippen LogP) is 2.77. The van der Waals surface area contributed by atoms with E-state index in [1.807, 2.05) is 34.6 Å². The van der Waals surface area contributed by atoms with Crippen molar-refractivity contribution >= 4 is 15.9 Å². The zero-order chi connectivity index (χ0) is 20.6. The largest absolute Gasteiger partial charge is 0.335 e. The first-order chi connectivity index (χ1) is 13.2. The van der Waals surface area contributed by atoms with Crippen LogP contribution < -0.4 is 0 Å². The third-order valence-electron chi connectivity index (χ3n) is 5.94. The Labute approximate surface area is 167 Å². The zero-order valence-corrected chi connectivity index (χ0v) is 17.9. The number of pyridine rings is 1. The summed E-state index contributed by atoms with van der Waals surface area (Å²) in [5.74, 6) is -0.160. The Morgan fingerprint density at radius 1 is 0.857 bits per heavy atom. The topological polar surface area (TPSA) is 70.6 Å². The molecule has 1 fully saturated rings. The molecular weight excluding hydrogens is 374 g/mol. The minimum atomic E-state index is -3.62. The van der Waals surface area contributed by atoms with Crippen LogP contribution in [-0.2, 0) is 10.0 Å². The third-order valence-corrected chi connectivity index (χ3v) is 8.11. The highest BCUT2D eigenvalue weighted by molar-refractivity contribution is 7.89. The van der Waals surface area contributed by atoms with E-state index < -0.39 is 10.0 Å². The van der Waals surface area contributed by atoms with Crippen molar-refractivity contribution in [3.05, 3.63) is 57.9 Å². The van der Waals surface area contributed by atoms with Crippen molar-refractivity contribution in [1.29, 1.82) is 0 Å². The normalized spacial score (nSPS) is 15.7. The van der Waals surface area contributed by atoms with Crippen LogP contribution in [0, 0.1) is 34.6 Å². The van der Waals surface area contributed by atoms with Crippen LogP contribution in [0.4, 0.5) is 0 Å². The minimum absolute atomic E-state index is 0.160. The molecular formula is C21H27N3O3S. The molecule has 0 radical (unpaired) electrons. The average Bonchev–Trinajstić information content (AvgIpc) is 2.71. The lowest BCUT2D eigenvalue weighted by molar-refractivity contribution is 0.0692. The molecule has 1 amide bonds. The Kier molecular flexibility index (Phi) is 5.59. The van der Waals surface area contributed by atoms with Gasteiger partial charge in [-0.2, -0.15) is 4.31 Å². The van der Waals surface area contributed by atoms with Gasteiger partial charge in [0.15, 0.2) is 0 Å². The maximum Gasteiger partial charge on any atom is 0.272 e. The lowest BCUT2D eigenvalue weighted by atomic mass is 9.95. The molecule has 0 spiro atoms. The standard InChI is InChI=1S/C21H27N3O3S/c1-14-15(2)17(4)20(18(5)16(14)3)28(26,27)24-12-10-23(11-13-24)21(25)19-8-6-7-9-22-19/h6-9H,10-13H2,1-5H3. The van der Waals surface area contributed by atoms with Crippen LogP contribution in [0.1, 0.15) is 38.3 Å². The van der Waals surface area contributed by atoms with Gasteiger partial charge in [-0.25, -0.2) is 8.42 Å². The summed E-state index contributed by atoms with van der Waals surface area (Å²) in [4.78, 5) is 18.7. The van der Waals surface area contributed by atoms with Gasteiger partial charge in [-0.3, -0.25) is 9.78 Å². The van der Waals surface area contributed by atoms with Crippen LogP contribution >= 0.6 is 0 Å². The van der Waals surface area contributed by atoms with E-state index in [2.05, 4.69) is 4.98 Å². The van der Waals surface area contributed by atoms with Gasteiger partial charge in [-0.15, -0.1) is 0 Å². The molecule has 2 aromatic rings. The predicted molar refractivity (Wildman–Crippen MR) is 109 cm³/mol. The number of hydrogen-bond donors (Lipinski definition) is 0. The van der Waals surface area contributed by atoms with Crippen molar-refractivity contribution in [3.63, 3.8) is 0 Å². The van der Waals surface area contributed by atoms with Crippen LogP contribution in [0.3, 0.4) is 0 Å². The Hall–Kier alpha value is -2.25. The molecule has 0 atom stereocenters. The molecule has 0 aliphatic carbocycles. The number of carbonyl (C=O) groups excluding carboxylic acids is 1. The van der Waals surface area contributed by atoms with E-state index in [0.717, 1.165) is 27.8 Å². The molecule has 7 heteroatoms. The van der Waals surface area contributed by atoms with Gasteiger partial charge in [-0.1, -0.05) is 6.07 Å². The number of nitrogens with zero attached hydrogens (tertiary/aromatic N) is 3. The van der Waals surface area contributed by atoms with E-state index in [1.54, 1.807) is 29.3 Å². The molecule has 0 N–H and O–H groups in total. The Bertz CT molecular complexity index is 980. The summed E-state index contributed by atoms with van der Waals surface area (Å²) >= 11 is 0. The summed E-state index contributed by atoms with van der Waals surface area (Å²) in [5, 5.41) is 0. The fourth-order valence-corrected chi connectivity index (χ4v) is 5.75. The summed E-state index contributed by atoms with van der Waals surface area (Å²) in [7, 11) is -3.62. The lowest BCUT2D eigenvalue weighted by Crippen LogP contribution is -2.50. The van der Waals surface area contributed by atoms with Gasteiger partial charge in [-0.05, 0) is 74.6 Å². The smallest absolute Gasteiger partial charge is 0.272 e. The average molecular weight is 402 g/mol. The second kappa shape index (κ2) is 7.64. The van der Waals surface area contributed by atoms with Gasteiger partial charge in [0, 0.05) is 32.4 Å². The van der Waals surface area contributed by atoms with Crippen LogP contribution in [0.2, 0.25) is 0 Å². The Balaban J connectivity index is 1.84. The number of hydrogen-bond acceptors (Lipinski definition) is 4. The highest BCUT2D eigenvalue weighted by Crippen LogP contribution is 2.32. The first-order valence-corrected chi connectivity index (χ1v) is 10.9. The SMILES string of the molecule is Cc1c(C)c(C)c(S(=O)(=O)N2CCN(C(=O)c3ccccn3)CC2)c(C)c1C. The first-order valence-electron chi connectivity index (χ1n) is 9.43. The monoisotopic (exact) mass is 401 g/mol. The van der Waals surface area contributed by atoms with Crippen molar-refractivity contribution in [2.45, 2.75) is 39.5 Å². The number of benzene rings is 1. The quantitative estimate of drug-likeness (QED) is 0.793. The second-order valence-electron chi connectivity index (χ2n) is 7.37. The number of piperazine rings is 1. The number of rotatable bonds is 3. The molecule has 1 aliphatic rings. The maximum absolute atomic E-state index is 13.4. The Morgan fingerprint density at radius 2 is 1.39 bits per heavy atom. The van der Waals surface area contributed by atoms with Crippen LogP contribution in [0.15, 0.2) is 29.3 Å². The second-order valence-corrected chi connectivity index (χ2v) is 9.24. The van der Waals surface area contributed by atoms with Crippen molar-refractivity contribution in [1.82, 2.24) is 14.2 Å². The van der Waals surface area contributed by atoms with E-state index in [0.29, 0.717) is 23.7 Å². The fraction of sp³-hybridized carbons (Fsp3) is 0.429. The summed E-state index contributed by atoms with van der Waals surface area (Å²) in [5.41, 5.74) is 5.19. The Morgan fingerprint density at radius 3 is 1.89 bits per heavy atom. The van der Waals surface area contributed by atoms with Gasteiger partial charge in [0.05, 0.1) is 4.90 Å². The van der Waals surface area contributed by atoms with E-state index in [1.165, 1.54) is 4.31 Å². The van der Waals surface area contributed by atoms with Gasteiger partial charge >= 0.3 is 0 Å². The number of sulfonamides is 1. The van der Waals surface area contributed by atoms with Gasteiger partial charge in [0.1, 0.15) is 5.69 Å². The molecule has 0 saturated carbocycles. The van der Waals surface area contributed by atoms with Gasteiger partial charge < -0.3 is 4.90 Å².